The highest BCUT2D eigenvalue weighted by molar-refractivity contribution is 7.18. The number of rotatable bonds is 6. The van der Waals surface area contributed by atoms with Crippen LogP contribution in [0.25, 0.3) is 10.2 Å². The average Bonchev–Trinajstić information content (AvgIpc) is 2.83. The third-order valence-corrected chi connectivity index (χ3v) is 4.91. The summed E-state index contributed by atoms with van der Waals surface area (Å²) in [4.78, 5) is 42.4. The molecule has 8 heteroatoms. The number of hydrogen-bond acceptors (Lipinski definition) is 5. The third kappa shape index (κ3) is 3.81. The number of nitrogens with one attached hydrogen (secondary N) is 2. The first-order valence-electron chi connectivity index (χ1n) is 7.87. The summed E-state index contributed by atoms with van der Waals surface area (Å²) >= 11 is 1.46. The summed E-state index contributed by atoms with van der Waals surface area (Å²) in [6.07, 6.45) is 2.20. The summed E-state index contributed by atoms with van der Waals surface area (Å²) in [5.41, 5.74) is 0.662. The van der Waals surface area contributed by atoms with E-state index in [0.717, 1.165) is 16.9 Å². The number of nitrogens with zero attached hydrogens (tertiary/aromatic N) is 2. The third-order valence-electron chi connectivity index (χ3n) is 3.79. The van der Waals surface area contributed by atoms with Gasteiger partial charge in [0.15, 0.2) is 0 Å². The largest absolute Gasteiger partial charge is 0.354 e. The van der Waals surface area contributed by atoms with Crippen LogP contribution in [0.5, 0.6) is 0 Å². The zero-order valence-corrected chi connectivity index (χ0v) is 15.1. The molecule has 2 N–H and O–H groups in total. The molecule has 24 heavy (non-hydrogen) atoms. The molecule has 0 aliphatic heterocycles. The molecule has 0 aliphatic rings. The van der Waals surface area contributed by atoms with E-state index in [1.807, 2.05) is 20.8 Å². The Morgan fingerprint density at radius 2 is 2.08 bits per heavy atom. The number of carbonyl (C=O) groups excluding carboxylic acids is 2. The molecule has 7 nitrogen and oxygen atoms in total. The van der Waals surface area contributed by atoms with Crippen LogP contribution in [0.1, 0.15) is 30.7 Å². The van der Waals surface area contributed by atoms with Gasteiger partial charge < -0.3 is 10.6 Å². The Labute approximate surface area is 144 Å². The van der Waals surface area contributed by atoms with Crippen molar-refractivity contribution >= 4 is 33.4 Å². The minimum absolute atomic E-state index is 0.165. The highest BCUT2D eigenvalue weighted by Gasteiger charge is 2.17. The van der Waals surface area contributed by atoms with E-state index in [2.05, 4.69) is 15.6 Å². The lowest BCUT2D eigenvalue weighted by atomic mass is 10.2. The van der Waals surface area contributed by atoms with Gasteiger partial charge in [0, 0.05) is 11.4 Å². The molecule has 2 amide bonds. The summed E-state index contributed by atoms with van der Waals surface area (Å²) in [6, 6.07) is -0.651. The van der Waals surface area contributed by atoms with Crippen LogP contribution < -0.4 is 16.2 Å². The normalized spacial score (nSPS) is 12.2. The minimum atomic E-state index is -0.651. The maximum Gasteiger partial charge on any atom is 0.262 e. The van der Waals surface area contributed by atoms with Gasteiger partial charge in [-0.05, 0) is 32.8 Å². The molecule has 0 saturated heterocycles. The van der Waals surface area contributed by atoms with Crippen LogP contribution in [0.2, 0.25) is 0 Å². The molecule has 0 spiro atoms. The van der Waals surface area contributed by atoms with Crippen molar-refractivity contribution in [3.8, 4) is 0 Å². The molecule has 0 bridgehead atoms. The van der Waals surface area contributed by atoms with Gasteiger partial charge in [0.25, 0.3) is 5.56 Å². The molecule has 0 fully saturated rings. The summed E-state index contributed by atoms with van der Waals surface area (Å²) in [7, 11) is 0. The van der Waals surface area contributed by atoms with Crippen molar-refractivity contribution in [1.29, 1.82) is 0 Å². The van der Waals surface area contributed by atoms with Crippen molar-refractivity contribution in [3.05, 3.63) is 27.1 Å². The first-order chi connectivity index (χ1) is 11.3. The van der Waals surface area contributed by atoms with E-state index >= 15 is 0 Å². The van der Waals surface area contributed by atoms with Gasteiger partial charge >= 0.3 is 0 Å². The predicted octanol–water partition coefficient (Wildman–Crippen LogP) is 1.11. The number of aromatic nitrogens is 2. The van der Waals surface area contributed by atoms with Gasteiger partial charge in [0.1, 0.15) is 17.4 Å². The molecule has 0 saturated carbocycles. The molecule has 0 aromatic carbocycles. The molecular weight excluding hydrogens is 328 g/mol. The SMILES string of the molecule is CCCNC(=O)[C@@H](C)NC(=O)Cn1cnc2sc(C)c(C)c2c1=O. The van der Waals surface area contributed by atoms with Gasteiger partial charge in [-0.3, -0.25) is 19.0 Å². The van der Waals surface area contributed by atoms with Crippen LogP contribution in [-0.2, 0) is 16.1 Å². The quantitative estimate of drug-likeness (QED) is 0.816. The second-order valence-corrected chi connectivity index (χ2v) is 6.92. The second kappa shape index (κ2) is 7.57. The Morgan fingerprint density at radius 1 is 1.38 bits per heavy atom. The highest BCUT2D eigenvalue weighted by atomic mass is 32.1. The fourth-order valence-corrected chi connectivity index (χ4v) is 3.28. The van der Waals surface area contributed by atoms with Gasteiger partial charge in [-0.15, -0.1) is 11.3 Å². The molecule has 1 atom stereocenters. The molecule has 0 radical (unpaired) electrons. The van der Waals surface area contributed by atoms with E-state index < -0.39 is 11.9 Å². The van der Waals surface area contributed by atoms with Crippen LogP contribution in [0.4, 0.5) is 0 Å². The van der Waals surface area contributed by atoms with Crippen molar-refractivity contribution in [1.82, 2.24) is 20.2 Å². The molecule has 2 aromatic heterocycles. The first-order valence-corrected chi connectivity index (χ1v) is 8.69. The van der Waals surface area contributed by atoms with E-state index in [1.54, 1.807) is 6.92 Å². The number of fused-ring (bicyclic) bond motifs is 1. The first kappa shape index (κ1) is 18.1. The van der Waals surface area contributed by atoms with E-state index in [4.69, 9.17) is 0 Å². The monoisotopic (exact) mass is 350 g/mol. The Morgan fingerprint density at radius 3 is 2.75 bits per heavy atom. The van der Waals surface area contributed by atoms with Gasteiger partial charge in [-0.1, -0.05) is 6.92 Å². The molecule has 2 aromatic rings. The van der Waals surface area contributed by atoms with Gasteiger partial charge in [-0.2, -0.15) is 0 Å². The Balaban J connectivity index is 2.11. The fourth-order valence-electron chi connectivity index (χ4n) is 2.29. The summed E-state index contributed by atoms with van der Waals surface area (Å²) < 4.78 is 1.27. The number of thiophene rings is 1. The molecule has 130 valence electrons. The molecular formula is C16H22N4O3S. The second-order valence-electron chi connectivity index (χ2n) is 5.72. The zero-order chi connectivity index (χ0) is 17.9. The van der Waals surface area contributed by atoms with Crippen LogP contribution in [-0.4, -0.2) is 34.0 Å². The molecule has 2 heterocycles. The number of aryl methyl sites for hydroxylation is 2. The van der Waals surface area contributed by atoms with Crippen LogP contribution in [0, 0.1) is 13.8 Å². The maximum absolute atomic E-state index is 12.5. The Kier molecular flexibility index (Phi) is 5.71. The lowest BCUT2D eigenvalue weighted by Crippen LogP contribution is -2.46. The van der Waals surface area contributed by atoms with E-state index in [0.29, 0.717) is 16.8 Å². The highest BCUT2D eigenvalue weighted by Crippen LogP contribution is 2.25. The lowest BCUT2D eigenvalue weighted by molar-refractivity contribution is -0.128. The molecule has 2 rings (SSSR count). The summed E-state index contributed by atoms with van der Waals surface area (Å²) in [5, 5.41) is 5.87. The van der Waals surface area contributed by atoms with Gasteiger partial charge in [0.05, 0.1) is 11.7 Å². The van der Waals surface area contributed by atoms with Crippen LogP contribution in [0.3, 0.4) is 0 Å². The van der Waals surface area contributed by atoms with Crippen molar-refractivity contribution < 1.29 is 9.59 Å². The van der Waals surface area contributed by atoms with Crippen LogP contribution in [0.15, 0.2) is 11.1 Å². The lowest BCUT2D eigenvalue weighted by Gasteiger charge is -2.14. The van der Waals surface area contributed by atoms with Crippen molar-refractivity contribution in [2.24, 2.45) is 0 Å². The van der Waals surface area contributed by atoms with E-state index in [1.165, 1.54) is 22.2 Å². The summed E-state index contributed by atoms with van der Waals surface area (Å²) in [6.45, 7) is 7.78. The Hall–Kier alpha value is -2.22. The number of carbonyl (C=O) groups is 2. The minimum Gasteiger partial charge on any atom is -0.354 e. The van der Waals surface area contributed by atoms with Gasteiger partial charge in [-0.25, -0.2) is 4.98 Å². The number of amides is 2. The van der Waals surface area contributed by atoms with E-state index in [9.17, 15) is 14.4 Å². The van der Waals surface area contributed by atoms with Crippen molar-refractivity contribution in [2.75, 3.05) is 6.54 Å². The zero-order valence-electron chi connectivity index (χ0n) is 14.3. The topological polar surface area (TPSA) is 93.1 Å². The smallest absolute Gasteiger partial charge is 0.262 e. The standard InChI is InChI=1S/C16H22N4O3S/c1-5-6-17-14(22)10(3)19-12(21)7-20-8-18-15-13(16(20)23)9(2)11(4)24-15/h8,10H,5-7H2,1-4H3,(H,17,22)(H,19,21)/t10-/m1/s1. The van der Waals surface area contributed by atoms with Crippen molar-refractivity contribution in [2.45, 2.75) is 46.7 Å². The molecule has 0 aliphatic carbocycles. The van der Waals surface area contributed by atoms with Crippen LogP contribution >= 0.6 is 11.3 Å². The van der Waals surface area contributed by atoms with Gasteiger partial charge in [0.2, 0.25) is 11.8 Å². The Bertz CT molecular complexity index is 825. The predicted molar refractivity (Wildman–Crippen MR) is 94.3 cm³/mol. The average molecular weight is 350 g/mol. The molecule has 0 unspecified atom stereocenters. The maximum atomic E-state index is 12.5. The van der Waals surface area contributed by atoms with E-state index in [-0.39, 0.29) is 18.0 Å². The number of hydrogen-bond donors (Lipinski definition) is 2. The fraction of sp³-hybridized carbons (Fsp3) is 0.500. The van der Waals surface area contributed by atoms with Crippen molar-refractivity contribution in [3.63, 3.8) is 0 Å². The summed E-state index contributed by atoms with van der Waals surface area (Å²) in [5.74, 6) is -0.641.